The maximum atomic E-state index is 13.7. The van der Waals surface area contributed by atoms with Crippen LogP contribution in [0.1, 0.15) is 33.1 Å². The third-order valence-electron chi connectivity index (χ3n) is 3.10. The van der Waals surface area contributed by atoms with Gasteiger partial charge >= 0.3 is 0 Å². The number of nitrogens with one attached hydrogen (secondary N) is 1. The fourth-order valence-corrected chi connectivity index (χ4v) is 2.18. The van der Waals surface area contributed by atoms with Crippen LogP contribution in [-0.4, -0.2) is 12.1 Å². The monoisotopic (exact) mass is 264 g/mol. The molecule has 1 aromatic rings. The topological polar surface area (TPSA) is 47.3 Å². The van der Waals surface area contributed by atoms with E-state index >= 15 is 0 Å². The van der Waals surface area contributed by atoms with Crippen molar-refractivity contribution in [1.82, 2.24) is 0 Å². The quantitative estimate of drug-likeness (QED) is 0.643. The fourth-order valence-electron chi connectivity index (χ4n) is 2.18. The van der Waals surface area contributed by atoms with Gasteiger partial charge in [0.25, 0.3) is 0 Å². The third-order valence-corrected chi connectivity index (χ3v) is 3.10. The molecule has 0 fully saturated rings. The molecule has 0 radical (unpaired) electrons. The Hall–Kier alpha value is -1.71. The molecule has 0 bridgehead atoms. The summed E-state index contributed by atoms with van der Waals surface area (Å²) in [7, 11) is 0. The first-order valence-corrected chi connectivity index (χ1v) is 6.73. The number of nitrogen functional groups attached to an aromatic ring is 1. The van der Waals surface area contributed by atoms with E-state index in [1.54, 1.807) is 6.07 Å². The van der Waals surface area contributed by atoms with Gasteiger partial charge in [0.1, 0.15) is 0 Å². The highest BCUT2D eigenvalue weighted by Gasteiger charge is 2.14. The number of anilines is 2. The molecule has 0 aliphatic heterocycles. The lowest BCUT2D eigenvalue weighted by Gasteiger charge is -2.22. The number of rotatable bonds is 4. The van der Waals surface area contributed by atoms with E-state index in [0.29, 0.717) is 11.7 Å². The maximum Gasteiger partial charge on any atom is 0.167 e. The van der Waals surface area contributed by atoms with Gasteiger partial charge < -0.3 is 15.8 Å². The highest BCUT2D eigenvalue weighted by atomic mass is 19.1. The molecule has 1 atom stereocenters. The highest BCUT2D eigenvalue weighted by Crippen LogP contribution is 2.30. The van der Waals surface area contributed by atoms with Crippen molar-refractivity contribution in [2.24, 2.45) is 0 Å². The molecule has 2 rings (SSSR count). The molecule has 0 spiro atoms. The van der Waals surface area contributed by atoms with Crippen molar-refractivity contribution in [3.05, 3.63) is 30.1 Å². The Morgan fingerprint density at radius 1 is 1.37 bits per heavy atom. The van der Waals surface area contributed by atoms with E-state index in [0.717, 1.165) is 24.9 Å². The molecular weight excluding hydrogens is 243 g/mol. The molecule has 1 unspecified atom stereocenters. The Morgan fingerprint density at radius 2 is 2.16 bits per heavy atom. The molecule has 0 heterocycles. The molecule has 1 aliphatic rings. The number of hydrogen-bond donors (Lipinski definition) is 2. The van der Waals surface area contributed by atoms with Crippen LogP contribution in [0, 0.1) is 5.82 Å². The van der Waals surface area contributed by atoms with Crippen LogP contribution in [0.15, 0.2) is 24.3 Å². The molecule has 104 valence electrons. The number of hydrogen-bond acceptors (Lipinski definition) is 3. The van der Waals surface area contributed by atoms with Gasteiger partial charge in [0.05, 0.1) is 17.5 Å². The summed E-state index contributed by atoms with van der Waals surface area (Å²) in [5, 5.41) is 3.37. The van der Waals surface area contributed by atoms with Gasteiger partial charge in [-0.05, 0) is 33.1 Å². The molecule has 19 heavy (non-hydrogen) atoms. The molecule has 0 amide bonds. The van der Waals surface area contributed by atoms with Gasteiger partial charge in [-0.2, -0.15) is 0 Å². The second-order valence-electron chi connectivity index (χ2n) is 5.16. The largest absolute Gasteiger partial charge is 0.488 e. The van der Waals surface area contributed by atoms with Crippen LogP contribution in [0.4, 0.5) is 15.8 Å². The molecule has 0 aromatic heterocycles. The summed E-state index contributed by atoms with van der Waals surface area (Å²) in [6.07, 6.45) is 7.37. The van der Waals surface area contributed by atoms with Gasteiger partial charge in [-0.25, -0.2) is 4.39 Å². The lowest BCUT2D eigenvalue weighted by Crippen LogP contribution is -2.21. The van der Waals surface area contributed by atoms with Crippen LogP contribution in [-0.2, 0) is 0 Å². The fraction of sp³-hybridized carbons (Fsp3) is 0.467. The smallest absolute Gasteiger partial charge is 0.167 e. The number of nitrogens with two attached hydrogens (primary N) is 1. The van der Waals surface area contributed by atoms with Gasteiger partial charge in [-0.3, -0.25) is 0 Å². The van der Waals surface area contributed by atoms with Crippen molar-refractivity contribution in [3.63, 3.8) is 0 Å². The third kappa shape index (κ3) is 3.63. The van der Waals surface area contributed by atoms with Crippen molar-refractivity contribution in [2.75, 3.05) is 11.1 Å². The van der Waals surface area contributed by atoms with Crippen LogP contribution in [0.25, 0.3) is 0 Å². The van der Waals surface area contributed by atoms with E-state index in [1.165, 1.54) is 6.07 Å². The Kier molecular flexibility index (Phi) is 4.30. The van der Waals surface area contributed by atoms with Crippen molar-refractivity contribution in [1.29, 1.82) is 0 Å². The van der Waals surface area contributed by atoms with Crippen LogP contribution >= 0.6 is 0 Å². The summed E-state index contributed by atoms with van der Waals surface area (Å²) in [5.74, 6) is -0.168. The van der Waals surface area contributed by atoms with Crippen LogP contribution < -0.4 is 15.8 Å². The maximum absolute atomic E-state index is 13.7. The predicted molar refractivity (Wildman–Crippen MR) is 77.0 cm³/mol. The second-order valence-corrected chi connectivity index (χ2v) is 5.16. The first-order valence-electron chi connectivity index (χ1n) is 6.73. The SMILES string of the molecule is CC(C)Oc1cc(NC2CC=CCC2)c(N)cc1F. The van der Waals surface area contributed by atoms with Gasteiger partial charge in [0.2, 0.25) is 0 Å². The molecule has 1 aromatic carbocycles. The van der Waals surface area contributed by atoms with Crippen molar-refractivity contribution in [3.8, 4) is 5.75 Å². The Bertz CT molecular complexity index is 471. The molecule has 0 saturated heterocycles. The summed E-state index contributed by atoms with van der Waals surface area (Å²) in [5.41, 5.74) is 7.03. The Balaban J connectivity index is 2.16. The average molecular weight is 264 g/mol. The summed E-state index contributed by atoms with van der Waals surface area (Å²) in [4.78, 5) is 0. The van der Waals surface area contributed by atoms with Crippen molar-refractivity contribution < 1.29 is 9.13 Å². The van der Waals surface area contributed by atoms with Gasteiger partial charge in [-0.1, -0.05) is 12.2 Å². The van der Waals surface area contributed by atoms with Crippen molar-refractivity contribution in [2.45, 2.75) is 45.3 Å². The number of halogens is 1. The second kappa shape index (κ2) is 5.95. The standard InChI is InChI=1S/C15H21FN2O/c1-10(2)19-15-9-14(13(17)8-12(15)16)18-11-6-4-3-5-7-11/h3-4,8-11,18H,5-7,17H2,1-2H3. The number of benzene rings is 1. The first kappa shape index (κ1) is 13.7. The molecule has 3 nitrogen and oxygen atoms in total. The van der Waals surface area contributed by atoms with E-state index in [4.69, 9.17) is 10.5 Å². The Labute approximate surface area is 113 Å². The average Bonchev–Trinajstić information content (AvgIpc) is 2.36. The highest BCUT2D eigenvalue weighted by molar-refractivity contribution is 5.69. The summed E-state index contributed by atoms with van der Waals surface area (Å²) in [6, 6.07) is 3.33. The van der Waals surface area contributed by atoms with Crippen LogP contribution in [0.2, 0.25) is 0 Å². The summed E-state index contributed by atoms with van der Waals surface area (Å²) in [6.45, 7) is 3.74. The predicted octanol–water partition coefficient (Wildman–Crippen LogP) is 3.72. The summed E-state index contributed by atoms with van der Waals surface area (Å²) < 4.78 is 19.2. The zero-order valence-electron chi connectivity index (χ0n) is 11.4. The van der Waals surface area contributed by atoms with E-state index in [9.17, 15) is 4.39 Å². The minimum atomic E-state index is -0.416. The zero-order chi connectivity index (χ0) is 13.8. The van der Waals surface area contributed by atoms with Gasteiger partial charge in [-0.15, -0.1) is 0 Å². The van der Waals surface area contributed by atoms with Crippen molar-refractivity contribution >= 4 is 11.4 Å². The number of allylic oxidation sites excluding steroid dienone is 1. The van der Waals surface area contributed by atoms with E-state index in [2.05, 4.69) is 17.5 Å². The Morgan fingerprint density at radius 3 is 2.79 bits per heavy atom. The molecular formula is C15H21FN2O. The van der Waals surface area contributed by atoms with E-state index in [1.807, 2.05) is 13.8 Å². The normalized spacial score (nSPS) is 18.6. The molecule has 4 heteroatoms. The lowest BCUT2D eigenvalue weighted by atomic mass is 10.0. The molecule has 1 aliphatic carbocycles. The van der Waals surface area contributed by atoms with Crippen LogP contribution in [0.5, 0.6) is 5.75 Å². The van der Waals surface area contributed by atoms with E-state index in [-0.39, 0.29) is 11.9 Å². The van der Waals surface area contributed by atoms with E-state index < -0.39 is 5.82 Å². The molecule has 3 N–H and O–H groups in total. The minimum absolute atomic E-state index is 0.0661. The number of ether oxygens (including phenoxy) is 1. The van der Waals surface area contributed by atoms with Crippen LogP contribution in [0.3, 0.4) is 0 Å². The summed E-state index contributed by atoms with van der Waals surface area (Å²) >= 11 is 0. The first-order chi connectivity index (χ1) is 9.06. The van der Waals surface area contributed by atoms with Gasteiger partial charge in [0.15, 0.2) is 11.6 Å². The zero-order valence-corrected chi connectivity index (χ0v) is 11.4. The molecule has 0 saturated carbocycles. The minimum Gasteiger partial charge on any atom is -0.488 e. The lowest BCUT2D eigenvalue weighted by molar-refractivity contribution is 0.231. The van der Waals surface area contributed by atoms with Gasteiger partial charge in [0, 0.05) is 18.2 Å².